The molecule has 0 spiro atoms. The number of aryl methyl sites for hydroxylation is 1. The fraction of sp³-hybridized carbons (Fsp3) is 0.353. The average Bonchev–Trinajstić information content (AvgIpc) is 3.21. The number of aromatic amines is 1. The zero-order chi connectivity index (χ0) is 16.5. The Morgan fingerprint density at radius 3 is 2.83 bits per heavy atom. The van der Waals surface area contributed by atoms with Crippen molar-refractivity contribution in [2.45, 2.75) is 19.8 Å². The molecule has 6 nitrogen and oxygen atoms in total. The van der Waals surface area contributed by atoms with E-state index >= 15 is 0 Å². The van der Waals surface area contributed by atoms with Gasteiger partial charge in [-0.1, -0.05) is 23.5 Å². The number of nitrogens with one attached hydrogen (secondary N) is 2. The van der Waals surface area contributed by atoms with Gasteiger partial charge in [0.1, 0.15) is 0 Å². The van der Waals surface area contributed by atoms with Crippen molar-refractivity contribution in [3.63, 3.8) is 0 Å². The number of rotatable bonds is 3. The second kappa shape index (κ2) is 6.24. The summed E-state index contributed by atoms with van der Waals surface area (Å²) in [6, 6.07) is 10.0. The number of anilines is 2. The van der Waals surface area contributed by atoms with Crippen molar-refractivity contribution in [3.05, 3.63) is 36.0 Å². The first kappa shape index (κ1) is 15.1. The third kappa shape index (κ3) is 2.99. The van der Waals surface area contributed by atoms with Gasteiger partial charge in [-0.15, -0.1) is 0 Å². The first-order valence-corrected chi connectivity index (χ1v) is 8.94. The van der Waals surface area contributed by atoms with Gasteiger partial charge in [-0.25, -0.2) is 4.98 Å². The molecule has 0 bridgehead atoms. The van der Waals surface area contributed by atoms with Crippen LogP contribution in [0.5, 0.6) is 0 Å². The van der Waals surface area contributed by atoms with Crippen LogP contribution in [0.15, 0.2) is 30.3 Å². The van der Waals surface area contributed by atoms with E-state index < -0.39 is 0 Å². The minimum Gasteiger partial charge on any atom is -0.348 e. The molecule has 3 aromatic rings. The topological polar surface area (TPSA) is 73.9 Å². The van der Waals surface area contributed by atoms with Crippen LogP contribution < -0.4 is 10.2 Å². The number of aromatic nitrogens is 3. The Morgan fingerprint density at radius 2 is 2.12 bits per heavy atom. The van der Waals surface area contributed by atoms with Gasteiger partial charge in [-0.3, -0.25) is 9.89 Å². The van der Waals surface area contributed by atoms with Crippen molar-refractivity contribution >= 4 is 38.4 Å². The van der Waals surface area contributed by atoms with E-state index in [1.165, 1.54) is 4.70 Å². The lowest BCUT2D eigenvalue weighted by Crippen LogP contribution is -2.38. The van der Waals surface area contributed by atoms with E-state index in [1.54, 1.807) is 11.3 Å². The zero-order valence-electron chi connectivity index (χ0n) is 13.5. The van der Waals surface area contributed by atoms with Crippen LogP contribution in [0, 0.1) is 12.8 Å². The molecule has 1 aliphatic heterocycles. The number of nitrogens with zero attached hydrogens (tertiary/aromatic N) is 3. The molecule has 0 atom stereocenters. The van der Waals surface area contributed by atoms with Crippen LogP contribution in [0.25, 0.3) is 10.2 Å². The zero-order valence-corrected chi connectivity index (χ0v) is 14.3. The van der Waals surface area contributed by atoms with E-state index in [-0.39, 0.29) is 11.8 Å². The Bertz CT molecular complexity index is 830. The van der Waals surface area contributed by atoms with Gasteiger partial charge in [-0.2, -0.15) is 5.10 Å². The van der Waals surface area contributed by atoms with Crippen molar-refractivity contribution in [2.24, 2.45) is 5.92 Å². The Morgan fingerprint density at radius 1 is 1.33 bits per heavy atom. The summed E-state index contributed by atoms with van der Waals surface area (Å²) in [5.41, 5.74) is 1.99. The van der Waals surface area contributed by atoms with Gasteiger partial charge in [0.2, 0.25) is 5.91 Å². The highest BCUT2D eigenvalue weighted by atomic mass is 32.1. The second-order valence-corrected chi connectivity index (χ2v) is 7.16. The van der Waals surface area contributed by atoms with Crippen molar-refractivity contribution in [2.75, 3.05) is 23.3 Å². The lowest BCUT2D eigenvalue weighted by atomic mass is 9.96. The first-order valence-electron chi connectivity index (χ1n) is 8.12. The number of fused-ring (bicyclic) bond motifs is 1. The van der Waals surface area contributed by atoms with Gasteiger partial charge in [0.15, 0.2) is 10.9 Å². The largest absolute Gasteiger partial charge is 0.348 e. The van der Waals surface area contributed by atoms with E-state index in [9.17, 15) is 4.79 Å². The highest BCUT2D eigenvalue weighted by Crippen LogP contribution is 2.31. The van der Waals surface area contributed by atoms with Crippen molar-refractivity contribution in [1.82, 2.24) is 15.2 Å². The molecule has 0 radical (unpaired) electrons. The molecule has 4 rings (SSSR count). The molecular formula is C17H19N5OS. The highest BCUT2D eigenvalue weighted by molar-refractivity contribution is 7.22. The summed E-state index contributed by atoms with van der Waals surface area (Å²) >= 11 is 1.72. The normalized spacial score (nSPS) is 15.8. The second-order valence-electron chi connectivity index (χ2n) is 6.15. The number of carbonyl (C=O) groups is 1. The van der Waals surface area contributed by atoms with Gasteiger partial charge in [0.05, 0.1) is 10.2 Å². The maximum Gasteiger partial charge on any atom is 0.228 e. The number of thiazole rings is 1. The van der Waals surface area contributed by atoms with Crippen LogP contribution in [-0.2, 0) is 4.79 Å². The summed E-state index contributed by atoms with van der Waals surface area (Å²) in [6.07, 6.45) is 1.68. The summed E-state index contributed by atoms with van der Waals surface area (Å²) in [7, 11) is 0. The molecule has 0 aliphatic carbocycles. The van der Waals surface area contributed by atoms with E-state index in [2.05, 4.69) is 26.5 Å². The molecule has 3 heterocycles. The number of piperidine rings is 1. The molecule has 2 aromatic heterocycles. The average molecular weight is 341 g/mol. The lowest BCUT2D eigenvalue weighted by molar-refractivity contribution is -0.120. The van der Waals surface area contributed by atoms with E-state index in [1.807, 2.05) is 31.2 Å². The summed E-state index contributed by atoms with van der Waals surface area (Å²) < 4.78 is 1.21. The maximum absolute atomic E-state index is 12.4. The summed E-state index contributed by atoms with van der Waals surface area (Å²) in [5, 5.41) is 10.8. The molecule has 24 heavy (non-hydrogen) atoms. The van der Waals surface area contributed by atoms with Crippen LogP contribution in [0.4, 0.5) is 10.9 Å². The molecule has 124 valence electrons. The number of amides is 1. The Hall–Kier alpha value is -2.41. The maximum atomic E-state index is 12.4. The molecule has 0 saturated carbocycles. The lowest BCUT2D eigenvalue weighted by Gasteiger charge is -2.30. The molecular weight excluding hydrogens is 322 g/mol. The first-order chi connectivity index (χ1) is 11.7. The number of carbonyl (C=O) groups excluding carboxylic acids is 1. The van der Waals surface area contributed by atoms with Crippen LogP contribution in [0.3, 0.4) is 0 Å². The predicted molar refractivity (Wildman–Crippen MR) is 96.5 cm³/mol. The van der Waals surface area contributed by atoms with Crippen molar-refractivity contribution in [1.29, 1.82) is 0 Å². The molecule has 2 N–H and O–H groups in total. The van der Waals surface area contributed by atoms with E-state index in [0.29, 0.717) is 5.82 Å². The van der Waals surface area contributed by atoms with Gasteiger partial charge in [0.25, 0.3) is 0 Å². The monoisotopic (exact) mass is 341 g/mol. The fourth-order valence-corrected chi connectivity index (χ4v) is 4.06. The molecule has 1 aromatic carbocycles. The Kier molecular flexibility index (Phi) is 3.93. The highest BCUT2D eigenvalue weighted by Gasteiger charge is 2.26. The number of H-pyrrole nitrogens is 1. The number of hydrogen-bond acceptors (Lipinski definition) is 5. The smallest absolute Gasteiger partial charge is 0.228 e. The summed E-state index contributed by atoms with van der Waals surface area (Å²) in [6.45, 7) is 3.63. The van der Waals surface area contributed by atoms with E-state index in [0.717, 1.165) is 42.3 Å². The SMILES string of the molecule is Cc1cc(NC(=O)C2CCN(c3nc4ccccc4s3)CC2)n[nH]1. The molecule has 7 heteroatoms. The molecule has 1 fully saturated rings. The minimum atomic E-state index is 0.0348. The van der Waals surface area contributed by atoms with Gasteiger partial charge >= 0.3 is 0 Å². The third-order valence-corrected chi connectivity index (χ3v) is 5.47. The molecule has 1 amide bonds. The molecule has 0 unspecified atom stereocenters. The number of para-hydroxylation sites is 1. The van der Waals surface area contributed by atoms with Crippen molar-refractivity contribution in [3.8, 4) is 0 Å². The summed E-state index contributed by atoms with van der Waals surface area (Å²) in [4.78, 5) is 19.4. The number of hydrogen-bond donors (Lipinski definition) is 2. The molecule has 1 aliphatic rings. The van der Waals surface area contributed by atoms with Gasteiger partial charge in [-0.05, 0) is 31.9 Å². The Labute approximate surface area is 143 Å². The predicted octanol–water partition coefficient (Wildman–Crippen LogP) is 3.18. The summed E-state index contributed by atoms with van der Waals surface area (Å²) in [5.74, 6) is 0.698. The quantitative estimate of drug-likeness (QED) is 0.767. The fourth-order valence-electron chi connectivity index (χ4n) is 3.04. The van der Waals surface area contributed by atoms with Gasteiger partial charge in [0, 0.05) is 30.8 Å². The van der Waals surface area contributed by atoms with Gasteiger partial charge < -0.3 is 10.2 Å². The van der Waals surface area contributed by atoms with Crippen LogP contribution in [-0.4, -0.2) is 34.2 Å². The minimum absolute atomic E-state index is 0.0348. The number of benzene rings is 1. The van der Waals surface area contributed by atoms with Crippen LogP contribution in [0.1, 0.15) is 18.5 Å². The third-order valence-electron chi connectivity index (χ3n) is 4.38. The van der Waals surface area contributed by atoms with Crippen LogP contribution in [0.2, 0.25) is 0 Å². The van der Waals surface area contributed by atoms with E-state index in [4.69, 9.17) is 4.98 Å². The Balaban J connectivity index is 1.38. The van der Waals surface area contributed by atoms with Crippen molar-refractivity contribution < 1.29 is 4.79 Å². The standard InChI is InChI=1S/C17H19N5OS/c1-11-10-15(21-20-11)19-16(23)12-6-8-22(9-7-12)17-18-13-4-2-3-5-14(13)24-17/h2-5,10,12H,6-9H2,1H3,(H2,19,20,21,23). The molecule has 1 saturated heterocycles. The van der Waals surface area contributed by atoms with Crippen LogP contribution >= 0.6 is 11.3 Å².